The minimum atomic E-state index is -0.529. The summed E-state index contributed by atoms with van der Waals surface area (Å²) in [6.07, 6.45) is 4.56. The van der Waals surface area contributed by atoms with Crippen molar-refractivity contribution >= 4 is 17.5 Å². The van der Waals surface area contributed by atoms with E-state index in [0.29, 0.717) is 17.2 Å². The van der Waals surface area contributed by atoms with E-state index >= 15 is 0 Å². The van der Waals surface area contributed by atoms with Gasteiger partial charge >= 0.3 is 0 Å². The number of fused-ring (bicyclic) bond motifs is 1. The highest BCUT2D eigenvalue weighted by Gasteiger charge is 2.33. The molecule has 0 spiro atoms. The maximum Gasteiger partial charge on any atom is 0.228 e. The van der Waals surface area contributed by atoms with Crippen LogP contribution >= 0.6 is 0 Å². The molecule has 0 bridgehead atoms. The van der Waals surface area contributed by atoms with E-state index in [1.165, 1.54) is 18.6 Å². The molecule has 1 heterocycles. The van der Waals surface area contributed by atoms with E-state index in [2.05, 4.69) is 17.6 Å². The first-order valence-corrected chi connectivity index (χ1v) is 7.94. The molecule has 2 N–H and O–H groups in total. The maximum atomic E-state index is 13.3. The second-order valence-electron chi connectivity index (χ2n) is 6.41. The summed E-state index contributed by atoms with van der Waals surface area (Å²) in [5.41, 5.74) is 1.11. The van der Waals surface area contributed by atoms with E-state index in [0.717, 1.165) is 19.3 Å². The van der Waals surface area contributed by atoms with Gasteiger partial charge in [0.15, 0.2) is 0 Å². The van der Waals surface area contributed by atoms with Gasteiger partial charge in [-0.1, -0.05) is 25.8 Å². The minimum Gasteiger partial charge on any atom is -0.353 e. The summed E-state index contributed by atoms with van der Waals surface area (Å²) in [4.78, 5) is 24.4. The quantitative estimate of drug-likeness (QED) is 0.882. The van der Waals surface area contributed by atoms with Crippen LogP contribution in [0.15, 0.2) is 18.2 Å². The van der Waals surface area contributed by atoms with Crippen molar-refractivity contribution in [1.82, 2.24) is 5.32 Å². The molecule has 1 aromatic carbocycles. The van der Waals surface area contributed by atoms with Crippen LogP contribution in [-0.4, -0.2) is 17.9 Å². The third-order valence-electron chi connectivity index (χ3n) is 4.81. The van der Waals surface area contributed by atoms with Gasteiger partial charge in [-0.15, -0.1) is 0 Å². The van der Waals surface area contributed by atoms with Crippen LogP contribution in [0.5, 0.6) is 0 Å². The molecule has 5 heteroatoms. The number of anilines is 1. The van der Waals surface area contributed by atoms with Crippen LogP contribution in [0.4, 0.5) is 10.1 Å². The van der Waals surface area contributed by atoms with Gasteiger partial charge in [0.2, 0.25) is 11.8 Å². The van der Waals surface area contributed by atoms with Gasteiger partial charge in [-0.3, -0.25) is 9.59 Å². The molecular formula is C17H21FN2O2. The summed E-state index contributed by atoms with van der Waals surface area (Å²) in [6, 6.07) is 4.38. The molecule has 3 atom stereocenters. The van der Waals surface area contributed by atoms with Gasteiger partial charge in [0, 0.05) is 18.2 Å². The molecule has 1 fully saturated rings. The molecule has 118 valence electrons. The van der Waals surface area contributed by atoms with E-state index in [9.17, 15) is 14.0 Å². The van der Waals surface area contributed by atoms with Crippen molar-refractivity contribution < 1.29 is 14.0 Å². The Bertz CT molecular complexity index is 602. The Morgan fingerprint density at radius 2 is 2.09 bits per heavy atom. The summed E-state index contributed by atoms with van der Waals surface area (Å²) in [5.74, 6) is -0.848. The molecule has 1 saturated carbocycles. The summed E-state index contributed by atoms with van der Waals surface area (Å²) < 4.78 is 13.3. The fourth-order valence-electron chi connectivity index (χ4n) is 3.49. The Morgan fingerprint density at radius 1 is 1.32 bits per heavy atom. The van der Waals surface area contributed by atoms with Crippen molar-refractivity contribution in [3.63, 3.8) is 0 Å². The van der Waals surface area contributed by atoms with E-state index < -0.39 is 11.7 Å². The lowest BCUT2D eigenvalue weighted by Gasteiger charge is -2.32. The molecular weight excluding hydrogens is 283 g/mol. The zero-order valence-corrected chi connectivity index (χ0v) is 12.7. The third kappa shape index (κ3) is 2.98. The van der Waals surface area contributed by atoms with Crippen LogP contribution < -0.4 is 10.6 Å². The SMILES string of the molecule is CC1CCCCC1NC(=O)C1CC(=O)Nc2cc(F)ccc21. The van der Waals surface area contributed by atoms with Gasteiger partial charge in [0.05, 0.1) is 5.92 Å². The third-order valence-corrected chi connectivity index (χ3v) is 4.81. The van der Waals surface area contributed by atoms with Crippen molar-refractivity contribution in [1.29, 1.82) is 0 Å². The summed E-state index contributed by atoms with van der Waals surface area (Å²) in [7, 11) is 0. The summed E-state index contributed by atoms with van der Waals surface area (Å²) in [6.45, 7) is 2.15. The van der Waals surface area contributed by atoms with Crippen LogP contribution in [0.2, 0.25) is 0 Å². The Kier molecular flexibility index (Phi) is 4.14. The fourth-order valence-corrected chi connectivity index (χ4v) is 3.49. The topological polar surface area (TPSA) is 58.2 Å². The van der Waals surface area contributed by atoms with E-state index in [4.69, 9.17) is 0 Å². The maximum absolute atomic E-state index is 13.3. The van der Waals surface area contributed by atoms with Gasteiger partial charge in [-0.25, -0.2) is 4.39 Å². The largest absolute Gasteiger partial charge is 0.353 e. The van der Waals surface area contributed by atoms with Gasteiger partial charge < -0.3 is 10.6 Å². The monoisotopic (exact) mass is 304 g/mol. The van der Waals surface area contributed by atoms with Crippen molar-refractivity contribution in [2.24, 2.45) is 5.92 Å². The number of benzene rings is 1. The number of hydrogen-bond donors (Lipinski definition) is 2. The van der Waals surface area contributed by atoms with Crippen molar-refractivity contribution in [2.75, 3.05) is 5.32 Å². The predicted molar refractivity (Wildman–Crippen MR) is 82.0 cm³/mol. The lowest BCUT2D eigenvalue weighted by molar-refractivity contribution is -0.127. The molecule has 0 aromatic heterocycles. The van der Waals surface area contributed by atoms with E-state index in [-0.39, 0.29) is 24.3 Å². The highest BCUT2D eigenvalue weighted by Crippen LogP contribution is 2.33. The highest BCUT2D eigenvalue weighted by atomic mass is 19.1. The van der Waals surface area contributed by atoms with Crippen LogP contribution in [0.3, 0.4) is 0 Å². The molecule has 0 radical (unpaired) electrons. The molecule has 2 amide bonds. The lowest BCUT2D eigenvalue weighted by atomic mass is 9.84. The first-order valence-electron chi connectivity index (χ1n) is 7.94. The number of rotatable bonds is 2. The van der Waals surface area contributed by atoms with Gasteiger partial charge in [-0.05, 0) is 36.5 Å². The average molecular weight is 304 g/mol. The normalized spacial score (nSPS) is 27.7. The number of amides is 2. The number of carbonyl (C=O) groups is 2. The molecule has 1 aliphatic carbocycles. The van der Waals surface area contributed by atoms with Crippen LogP contribution in [0.1, 0.15) is 50.5 Å². The molecule has 4 nitrogen and oxygen atoms in total. The standard InChI is InChI=1S/C17H21FN2O2/c1-10-4-2-3-5-14(10)20-17(22)13-9-16(21)19-15-8-11(18)6-7-12(13)15/h6-8,10,13-14H,2-5,9H2,1H3,(H,19,21)(H,20,22). The predicted octanol–water partition coefficient (Wildman–Crippen LogP) is 2.95. The smallest absolute Gasteiger partial charge is 0.228 e. The van der Waals surface area contributed by atoms with E-state index in [1.807, 2.05) is 0 Å². The molecule has 0 saturated heterocycles. The highest BCUT2D eigenvalue weighted by molar-refractivity contribution is 6.01. The first kappa shape index (κ1) is 15.0. The molecule has 22 heavy (non-hydrogen) atoms. The van der Waals surface area contributed by atoms with E-state index in [1.54, 1.807) is 6.07 Å². The Labute approximate surface area is 129 Å². The van der Waals surface area contributed by atoms with Gasteiger partial charge in [0.1, 0.15) is 5.82 Å². The average Bonchev–Trinajstić information content (AvgIpc) is 2.48. The number of nitrogens with one attached hydrogen (secondary N) is 2. The second kappa shape index (κ2) is 6.07. The number of halogens is 1. The molecule has 1 aliphatic heterocycles. The van der Waals surface area contributed by atoms with Gasteiger partial charge in [0.25, 0.3) is 0 Å². The summed E-state index contributed by atoms with van der Waals surface area (Å²) >= 11 is 0. The van der Waals surface area contributed by atoms with Crippen molar-refractivity contribution in [2.45, 2.75) is 51.0 Å². The van der Waals surface area contributed by atoms with Crippen LogP contribution in [-0.2, 0) is 9.59 Å². The first-order chi connectivity index (χ1) is 10.5. The van der Waals surface area contributed by atoms with Crippen LogP contribution in [0, 0.1) is 11.7 Å². The number of carbonyl (C=O) groups excluding carboxylic acids is 2. The lowest BCUT2D eigenvalue weighted by Crippen LogP contribution is -2.44. The van der Waals surface area contributed by atoms with Crippen molar-refractivity contribution in [3.05, 3.63) is 29.6 Å². The van der Waals surface area contributed by atoms with Gasteiger partial charge in [-0.2, -0.15) is 0 Å². The summed E-state index contributed by atoms with van der Waals surface area (Å²) in [5, 5.41) is 5.74. The Balaban J connectivity index is 1.79. The molecule has 2 aliphatic rings. The molecule has 3 unspecified atom stereocenters. The molecule has 3 rings (SSSR count). The van der Waals surface area contributed by atoms with Crippen LogP contribution in [0.25, 0.3) is 0 Å². The Morgan fingerprint density at radius 3 is 2.86 bits per heavy atom. The zero-order chi connectivity index (χ0) is 15.7. The fraction of sp³-hybridized carbons (Fsp3) is 0.529. The second-order valence-corrected chi connectivity index (χ2v) is 6.41. The number of hydrogen-bond acceptors (Lipinski definition) is 2. The van der Waals surface area contributed by atoms with Crippen molar-refractivity contribution in [3.8, 4) is 0 Å². The zero-order valence-electron chi connectivity index (χ0n) is 12.7. The minimum absolute atomic E-state index is 0.117. The molecule has 1 aromatic rings. The Hall–Kier alpha value is -1.91.